The average molecular weight is 348 g/mol. The number of unbranched alkanes of at least 4 members (excludes halogenated alkanes) is 7. The van der Waals surface area contributed by atoms with Crippen LogP contribution in [0.2, 0.25) is 0 Å². The topological polar surface area (TPSA) is 74.6 Å². The van der Waals surface area contributed by atoms with E-state index in [4.69, 9.17) is 0 Å². The lowest BCUT2D eigenvalue weighted by Crippen LogP contribution is -2.14. The van der Waals surface area contributed by atoms with E-state index in [1.165, 1.54) is 38.2 Å². The number of carbonyl (C=O) groups is 2. The van der Waals surface area contributed by atoms with E-state index < -0.39 is 11.9 Å². The summed E-state index contributed by atoms with van der Waals surface area (Å²) in [6, 6.07) is 3.21. The van der Waals surface area contributed by atoms with Gasteiger partial charge in [0.05, 0.1) is 11.1 Å². The standard InChI is InChI=1S/C21H32O4/c1-4-5-6-7-8-9-10-11-12-17-16(15(2)3)13-14-18(20(22)23)19(17)21(24)25/h13-15H,4-12H2,1-3H3,(H,22,23)(H,24,25). The van der Waals surface area contributed by atoms with Crippen molar-refractivity contribution in [2.24, 2.45) is 0 Å². The van der Waals surface area contributed by atoms with Gasteiger partial charge in [-0.15, -0.1) is 0 Å². The van der Waals surface area contributed by atoms with Gasteiger partial charge in [-0.2, -0.15) is 0 Å². The summed E-state index contributed by atoms with van der Waals surface area (Å²) < 4.78 is 0. The van der Waals surface area contributed by atoms with E-state index in [0.29, 0.717) is 12.0 Å². The molecule has 1 aromatic carbocycles. The predicted octanol–water partition coefficient (Wildman–Crippen LogP) is 5.89. The van der Waals surface area contributed by atoms with Crippen molar-refractivity contribution < 1.29 is 19.8 Å². The summed E-state index contributed by atoms with van der Waals surface area (Å²) in [5.41, 5.74) is 1.52. The Balaban J connectivity index is 2.80. The maximum atomic E-state index is 11.7. The Labute approximate surface area is 151 Å². The molecule has 0 heterocycles. The van der Waals surface area contributed by atoms with Gasteiger partial charge in [0.15, 0.2) is 0 Å². The van der Waals surface area contributed by atoms with Crippen LogP contribution in [0.1, 0.15) is 110 Å². The van der Waals surface area contributed by atoms with E-state index >= 15 is 0 Å². The summed E-state index contributed by atoms with van der Waals surface area (Å²) in [7, 11) is 0. The molecule has 25 heavy (non-hydrogen) atoms. The highest BCUT2D eigenvalue weighted by atomic mass is 16.4. The summed E-state index contributed by atoms with van der Waals surface area (Å²) in [5, 5.41) is 18.9. The van der Waals surface area contributed by atoms with Crippen molar-refractivity contribution in [1.29, 1.82) is 0 Å². The minimum Gasteiger partial charge on any atom is -0.478 e. The quantitative estimate of drug-likeness (QED) is 0.462. The van der Waals surface area contributed by atoms with Crippen molar-refractivity contribution in [3.05, 3.63) is 34.4 Å². The van der Waals surface area contributed by atoms with Gasteiger partial charge in [-0.25, -0.2) is 9.59 Å². The first-order valence-electron chi connectivity index (χ1n) is 9.52. The summed E-state index contributed by atoms with van der Waals surface area (Å²) in [6.07, 6.45) is 10.1. The monoisotopic (exact) mass is 348 g/mol. The first-order valence-corrected chi connectivity index (χ1v) is 9.52. The van der Waals surface area contributed by atoms with Crippen molar-refractivity contribution >= 4 is 11.9 Å². The van der Waals surface area contributed by atoms with Crippen molar-refractivity contribution in [2.45, 2.75) is 84.5 Å². The Morgan fingerprint density at radius 1 is 0.880 bits per heavy atom. The first-order chi connectivity index (χ1) is 11.9. The molecule has 0 amide bonds. The van der Waals surface area contributed by atoms with E-state index in [-0.39, 0.29) is 17.0 Å². The molecule has 140 valence electrons. The Morgan fingerprint density at radius 3 is 1.92 bits per heavy atom. The van der Waals surface area contributed by atoms with Gasteiger partial charge in [0.1, 0.15) is 0 Å². The normalized spacial score (nSPS) is 11.0. The molecule has 2 N–H and O–H groups in total. The summed E-state index contributed by atoms with van der Waals surface area (Å²) >= 11 is 0. The van der Waals surface area contributed by atoms with Crippen LogP contribution in [-0.2, 0) is 6.42 Å². The third-order valence-electron chi connectivity index (χ3n) is 4.70. The number of rotatable bonds is 12. The maximum Gasteiger partial charge on any atom is 0.336 e. The number of benzene rings is 1. The summed E-state index contributed by atoms with van der Waals surface area (Å²) in [6.45, 7) is 6.23. The average Bonchev–Trinajstić information content (AvgIpc) is 2.55. The number of carboxylic acid groups (broad SMARTS) is 2. The second kappa shape index (κ2) is 10.9. The summed E-state index contributed by atoms with van der Waals surface area (Å²) in [5.74, 6) is -2.15. The molecule has 0 aromatic heterocycles. The zero-order chi connectivity index (χ0) is 18.8. The molecule has 0 aliphatic rings. The molecule has 0 saturated carbocycles. The molecule has 0 radical (unpaired) electrons. The van der Waals surface area contributed by atoms with E-state index in [1.54, 1.807) is 6.07 Å². The Bertz CT molecular complexity index is 576. The summed E-state index contributed by atoms with van der Waals surface area (Å²) in [4.78, 5) is 23.1. The fraction of sp³-hybridized carbons (Fsp3) is 0.619. The van der Waals surface area contributed by atoms with Crippen LogP contribution in [0.3, 0.4) is 0 Å². The largest absolute Gasteiger partial charge is 0.478 e. The van der Waals surface area contributed by atoms with E-state index in [9.17, 15) is 19.8 Å². The van der Waals surface area contributed by atoms with Crippen molar-refractivity contribution in [3.8, 4) is 0 Å². The lowest BCUT2D eigenvalue weighted by Gasteiger charge is -2.17. The molecule has 0 unspecified atom stereocenters. The van der Waals surface area contributed by atoms with Crippen molar-refractivity contribution in [3.63, 3.8) is 0 Å². The molecule has 0 fully saturated rings. The van der Waals surface area contributed by atoms with Gasteiger partial charge >= 0.3 is 11.9 Å². The fourth-order valence-corrected chi connectivity index (χ4v) is 3.33. The number of hydrogen-bond acceptors (Lipinski definition) is 2. The van der Waals surface area contributed by atoms with Crippen LogP contribution in [0.4, 0.5) is 0 Å². The highest BCUT2D eigenvalue weighted by Crippen LogP contribution is 2.28. The second-order valence-electron chi connectivity index (χ2n) is 7.05. The molecule has 0 aliphatic carbocycles. The SMILES string of the molecule is CCCCCCCCCCc1c(C(C)C)ccc(C(=O)O)c1C(=O)O. The molecular formula is C21H32O4. The number of hydrogen-bond donors (Lipinski definition) is 2. The zero-order valence-corrected chi connectivity index (χ0v) is 15.8. The van der Waals surface area contributed by atoms with Gasteiger partial charge in [0.2, 0.25) is 0 Å². The van der Waals surface area contributed by atoms with Crippen LogP contribution in [0.25, 0.3) is 0 Å². The highest BCUT2D eigenvalue weighted by Gasteiger charge is 2.23. The van der Waals surface area contributed by atoms with Gasteiger partial charge in [-0.1, -0.05) is 71.8 Å². The van der Waals surface area contributed by atoms with Crippen LogP contribution in [0.5, 0.6) is 0 Å². The van der Waals surface area contributed by atoms with Crippen LogP contribution >= 0.6 is 0 Å². The Hall–Kier alpha value is -1.84. The molecule has 1 rings (SSSR count). The lowest BCUT2D eigenvalue weighted by atomic mass is 9.87. The minimum absolute atomic E-state index is 0.0263. The molecule has 4 nitrogen and oxygen atoms in total. The van der Waals surface area contributed by atoms with Crippen molar-refractivity contribution in [1.82, 2.24) is 0 Å². The molecule has 0 saturated heterocycles. The number of carboxylic acids is 2. The van der Waals surface area contributed by atoms with Crippen LogP contribution < -0.4 is 0 Å². The van der Waals surface area contributed by atoms with Gasteiger partial charge in [0.25, 0.3) is 0 Å². The molecule has 0 bridgehead atoms. The van der Waals surface area contributed by atoms with E-state index in [1.807, 2.05) is 13.8 Å². The van der Waals surface area contributed by atoms with Crippen LogP contribution in [0, 0.1) is 0 Å². The fourth-order valence-electron chi connectivity index (χ4n) is 3.33. The molecule has 1 aromatic rings. The van der Waals surface area contributed by atoms with Gasteiger partial charge < -0.3 is 10.2 Å². The van der Waals surface area contributed by atoms with E-state index in [2.05, 4.69) is 6.92 Å². The highest BCUT2D eigenvalue weighted by molar-refractivity contribution is 6.03. The van der Waals surface area contributed by atoms with Gasteiger partial charge in [-0.05, 0) is 36.0 Å². The third-order valence-corrected chi connectivity index (χ3v) is 4.70. The maximum absolute atomic E-state index is 11.7. The number of aromatic carboxylic acids is 2. The van der Waals surface area contributed by atoms with Crippen LogP contribution in [0.15, 0.2) is 12.1 Å². The Kier molecular flexibility index (Phi) is 9.25. The molecule has 4 heteroatoms. The van der Waals surface area contributed by atoms with E-state index in [0.717, 1.165) is 24.8 Å². The zero-order valence-electron chi connectivity index (χ0n) is 15.8. The smallest absolute Gasteiger partial charge is 0.336 e. The molecule has 0 atom stereocenters. The molecular weight excluding hydrogens is 316 g/mol. The first kappa shape index (κ1) is 21.2. The molecule has 0 spiro atoms. The third kappa shape index (κ3) is 6.52. The van der Waals surface area contributed by atoms with Gasteiger partial charge in [-0.3, -0.25) is 0 Å². The molecule has 0 aliphatic heterocycles. The lowest BCUT2D eigenvalue weighted by molar-refractivity contribution is 0.0650. The second-order valence-corrected chi connectivity index (χ2v) is 7.05. The Morgan fingerprint density at radius 2 is 1.44 bits per heavy atom. The van der Waals surface area contributed by atoms with Crippen LogP contribution in [-0.4, -0.2) is 22.2 Å². The van der Waals surface area contributed by atoms with Crippen molar-refractivity contribution in [2.75, 3.05) is 0 Å². The minimum atomic E-state index is -1.18. The predicted molar refractivity (Wildman–Crippen MR) is 101 cm³/mol. The van der Waals surface area contributed by atoms with Gasteiger partial charge in [0, 0.05) is 0 Å².